The Hall–Kier alpha value is -1.81. The van der Waals surface area contributed by atoms with Crippen LogP contribution in [0.1, 0.15) is 29.0 Å². The number of carbonyl (C=O) groups is 1. The summed E-state index contributed by atoms with van der Waals surface area (Å²) >= 11 is 0. The lowest BCUT2D eigenvalue weighted by molar-refractivity contribution is -0.142. The zero-order valence-corrected chi connectivity index (χ0v) is 10.8. The van der Waals surface area contributed by atoms with Crippen molar-refractivity contribution in [3.63, 3.8) is 0 Å². The standard InChI is InChI=1S/C15H16O4/c1-9-5-10(7-18-8-14(16)17)15-12(6-9)11-3-2-4-13(11)19-15/h2-3,5-6,11,13H,4,7-8H2,1H3,(H,16,17)/t11-,13-/m1/s1. The van der Waals surface area contributed by atoms with E-state index in [2.05, 4.69) is 18.2 Å². The second-order valence-electron chi connectivity index (χ2n) is 5.07. The summed E-state index contributed by atoms with van der Waals surface area (Å²) in [7, 11) is 0. The van der Waals surface area contributed by atoms with Crippen LogP contribution in [-0.4, -0.2) is 23.8 Å². The monoisotopic (exact) mass is 260 g/mol. The van der Waals surface area contributed by atoms with Gasteiger partial charge in [0, 0.05) is 23.5 Å². The molecule has 0 aromatic heterocycles. The van der Waals surface area contributed by atoms with Crippen molar-refractivity contribution in [2.45, 2.75) is 32.0 Å². The largest absolute Gasteiger partial charge is 0.488 e. The Kier molecular flexibility index (Phi) is 3.03. The summed E-state index contributed by atoms with van der Waals surface area (Å²) in [5, 5.41) is 8.61. The summed E-state index contributed by atoms with van der Waals surface area (Å²) < 4.78 is 11.2. The van der Waals surface area contributed by atoms with Gasteiger partial charge in [-0.2, -0.15) is 0 Å². The quantitative estimate of drug-likeness (QED) is 0.845. The summed E-state index contributed by atoms with van der Waals surface area (Å²) in [5.41, 5.74) is 3.30. The van der Waals surface area contributed by atoms with Crippen molar-refractivity contribution in [3.05, 3.63) is 41.0 Å². The van der Waals surface area contributed by atoms with E-state index in [1.165, 1.54) is 5.56 Å². The van der Waals surface area contributed by atoms with Crippen LogP contribution < -0.4 is 4.74 Å². The Morgan fingerprint density at radius 3 is 3.16 bits per heavy atom. The smallest absolute Gasteiger partial charge is 0.329 e. The van der Waals surface area contributed by atoms with Gasteiger partial charge in [-0.05, 0) is 6.92 Å². The fourth-order valence-corrected chi connectivity index (χ4v) is 2.83. The number of carboxylic acid groups (broad SMARTS) is 1. The van der Waals surface area contributed by atoms with Crippen molar-refractivity contribution in [2.24, 2.45) is 0 Å². The number of hydrogen-bond donors (Lipinski definition) is 1. The SMILES string of the molecule is Cc1cc(COCC(=O)O)c2c(c1)[C@H]1C=CC[C@H]1O2. The normalized spacial score (nSPS) is 23.0. The van der Waals surface area contributed by atoms with Gasteiger partial charge in [-0.25, -0.2) is 4.79 Å². The topological polar surface area (TPSA) is 55.8 Å². The highest BCUT2D eigenvalue weighted by Gasteiger charge is 2.36. The molecule has 0 saturated carbocycles. The highest BCUT2D eigenvalue weighted by atomic mass is 16.5. The summed E-state index contributed by atoms with van der Waals surface area (Å²) in [5.74, 6) is 0.272. The van der Waals surface area contributed by atoms with Crippen molar-refractivity contribution < 1.29 is 19.4 Å². The van der Waals surface area contributed by atoms with Crippen molar-refractivity contribution in [1.29, 1.82) is 0 Å². The number of carboxylic acids is 1. The van der Waals surface area contributed by atoms with E-state index in [9.17, 15) is 4.79 Å². The average molecular weight is 260 g/mol. The second kappa shape index (κ2) is 4.70. The first-order valence-electron chi connectivity index (χ1n) is 6.41. The molecule has 0 saturated heterocycles. The molecular weight excluding hydrogens is 244 g/mol. The van der Waals surface area contributed by atoms with Crippen LogP contribution in [0, 0.1) is 6.92 Å². The third kappa shape index (κ3) is 2.24. The maximum absolute atomic E-state index is 10.5. The number of ether oxygens (including phenoxy) is 2. The zero-order chi connectivity index (χ0) is 13.4. The highest BCUT2D eigenvalue weighted by molar-refractivity contribution is 5.68. The van der Waals surface area contributed by atoms with E-state index < -0.39 is 5.97 Å². The zero-order valence-electron chi connectivity index (χ0n) is 10.8. The van der Waals surface area contributed by atoms with Gasteiger partial charge >= 0.3 is 5.97 Å². The summed E-state index contributed by atoms with van der Waals surface area (Å²) in [4.78, 5) is 10.5. The Labute approximate surface area is 111 Å². The lowest BCUT2D eigenvalue weighted by Gasteiger charge is -2.11. The van der Waals surface area contributed by atoms with Gasteiger partial charge in [0.15, 0.2) is 0 Å². The summed E-state index contributed by atoms with van der Waals surface area (Å²) in [6, 6.07) is 4.15. The molecule has 4 nitrogen and oxygen atoms in total. The molecule has 1 aliphatic carbocycles. The average Bonchev–Trinajstić information content (AvgIpc) is 2.90. The molecule has 1 N–H and O–H groups in total. The molecule has 100 valence electrons. The minimum absolute atomic E-state index is 0.204. The maximum Gasteiger partial charge on any atom is 0.329 e. The molecular formula is C15H16O4. The van der Waals surface area contributed by atoms with E-state index in [4.69, 9.17) is 14.6 Å². The van der Waals surface area contributed by atoms with E-state index in [1.54, 1.807) is 0 Å². The molecule has 0 spiro atoms. The first-order chi connectivity index (χ1) is 9.15. The Morgan fingerprint density at radius 1 is 1.53 bits per heavy atom. The fraction of sp³-hybridized carbons (Fsp3) is 0.400. The van der Waals surface area contributed by atoms with E-state index in [0.717, 1.165) is 23.3 Å². The molecule has 1 aliphatic heterocycles. The fourth-order valence-electron chi connectivity index (χ4n) is 2.83. The molecule has 0 radical (unpaired) electrons. The Bertz CT molecular complexity index is 547. The molecule has 0 fully saturated rings. The Balaban J connectivity index is 1.85. The molecule has 2 atom stereocenters. The van der Waals surface area contributed by atoms with Crippen LogP contribution in [0.15, 0.2) is 24.3 Å². The molecule has 1 heterocycles. The summed E-state index contributed by atoms with van der Waals surface area (Å²) in [6.45, 7) is 2.03. The number of aryl methyl sites for hydroxylation is 1. The van der Waals surface area contributed by atoms with E-state index in [0.29, 0.717) is 5.92 Å². The predicted octanol–water partition coefficient (Wildman–Crippen LogP) is 2.40. The molecule has 1 aromatic rings. The lowest BCUT2D eigenvalue weighted by atomic mass is 9.95. The number of fused-ring (bicyclic) bond motifs is 3. The van der Waals surface area contributed by atoms with Crippen LogP contribution in [0.3, 0.4) is 0 Å². The Morgan fingerprint density at radius 2 is 2.37 bits per heavy atom. The molecule has 19 heavy (non-hydrogen) atoms. The second-order valence-corrected chi connectivity index (χ2v) is 5.07. The molecule has 1 aromatic carbocycles. The van der Waals surface area contributed by atoms with Gasteiger partial charge < -0.3 is 14.6 Å². The molecule has 4 heteroatoms. The minimum atomic E-state index is -0.954. The number of hydrogen-bond acceptors (Lipinski definition) is 3. The third-order valence-electron chi connectivity index (χ3n) is 3.56. The van der Waals surface area contributed by atoms with Crippen LogP contribution in [0.5, 0.6) is 5.75 Å². The first kappa shape index (κ1) is 12.2. The molecule has 0 bridgehead atoms. The van der Waals surface area contributed by atoms with Crippen LogP contribution in [0.2, 0.25) is 0 Å². The number of rotatable bonds is 4. The van der Waals surface area contributed by atoms with Gasteiger partial charge in [-0.3, -0.25) is 0 Å². The van der Waals surface area contributed by atoms with Gasteiger partial charge in [0.25, 0.3) is 0 Å². The van der Waals surface area contributed by atoms with E-state index in [-0.39, 0.29) is 19.3 Å². The van der Waals surface area contributed by atoms with Crippen molar-refractivity contribution in [1.82, 2.24) is 0 Å². The van der Waals surface area contributed by atoms with Crippen molar-refractivity contribution in [2.75, 3.05) is 6.61 Å². The molecule has 0 unspecified atom stereocenters. The van der Waals surface area contributed by atoms with Gasteiger partial charge in [-0.15, -0.1) is 0 Å². The van der Waals surface area contributed by atoms with Gasteiger partial charge in [0.2, 0.25) is 0 Å². The third-order valence-corrected chi connectivity index (χ3v) is 3.56. The molecule has 0 amide bonds. The molecule has 3 rings (SSSR count). The molecule has 2 aliphatic rings. The summed E-state index contributed by atoms with van der Waals surface area (Å²) in [6.07, 6.45) is 5.49. The van der Waals surface area contributed by atoms with Crippen molar-refractivity contribution >= 4 is 5.97 Å². The number of benzene rings is 1. The maximum atomic E-state index is 10.5. The number of aliphatic carboxylic acids is 1. The van der Waals surface area contributed by atoms with E-state index >= 15 is 0 Å². The predicted molar refractivity (Wildman–Crippen MR) is 69.4 cm³/mol. The van der Waals surface area contributed by atoms with Gasteiger partial charge in [0.05, 0.1) is 6.61 Å². The van der Waals surface area contributed by atoms with E-state index in [1.807, 2.05) is 13.0 Å². The van der Waals surface area contributed by atoms with Crippen LogP contribution in [0.4, 0.5) is 0 Å². The van der Waals surface area contributed by atoms with Crippen LogP contribution >= 0.6 is 0 Å². The first-order valence-corrected chi connectivity index (χ1v) is 6.41. The highest BCUT2D eigenvalue weighted by Crippen LogP contribution is 2.46. The van der Waals surface area contributed by atoms with Gasteiger partial charge in [-0.1, -0.05) is 29.8 Å². The minimum Gasteiger partial charge on any atom is -0.488 e. The van der Waals surface area contributed by atoms with Crippen molar-refractivity contribution in [3.8, 4) is 5.75 Å². The van der Waals surface area contributed by atoms with Crippen LogP contribution in [0.25, 0.3) is 0 Å². The lowest BCUT2D eigenvalue weighted by Crippen LogP contribution is -2.12. The van der Waals surface area contributed by atoms with Gasteiger partial charge in [0.1, 0.15) is 18.5 Å². The van der Waals surface area contributed by atoms with Crippen LogP contribution in [-0.2, 0) is 16.1 Å².